The highest BCUT2D eigenvalue weighted by Gasteiger charge is 2.13. The molecule has 4 nitrogen and oxygen atoms in total. The summed E-state index contributed by atoms with van der Waals surface area (Å²) in [6, 6.07) is 0.204. The van der Waals surface area contributed by atoms with E-state index in [-0.39, 0.29) is 11.9 Å². The number of nitrogens with two attached hydrogens (primary N) is 1. The zero-order valence-corrected chi connectivity index (χ0v) is 10.6. The molecule has 88 valence electrons. The van der Waals surface area contributed by atoms with Crippen LogP contribution in [0.1, 0.15) is 26.7 Å². The number of carbonyl (C=O) groups is 1. The van der Waals surface area contributed by atoms with Gasteiger partial charge in [-0.05, 0) is 20.4 Å². The summed E-state index contributed by atoms with van der Waals surface area (Å²) in [6.45, 7) is 5.16. The van der Waals surface area contributed by atoms with Crippen LogP contribution < -0.4 is 11.1 Å². The Kier molecular flexibility index (Phi) is 7.25. The minimum Gasteiger partial charge on any atom is -0.393 e. The van der Waals surface area contributed by atoms with Crippen molar-refractivity contribution < 1.29 is 4.79 Å². The van der Waals surface area contributed by atoms with Gasteiger partial charge in [-0.1, -0.05) is 19.1 Å². The van der Waals surface area contributed by atoms with Crippen LogP contribution in [0.2, 0.25) is 0 Å². The molecule has 0 spiro atoms. The van der Waals surface area contributed by atoms with Crippen molar-refractivity contribution in [2.75, 3.05) is 20.1 Å². The van der Waals surface area contributed by atoms with E-state index in [9.17, 15) is 4.79 Å². The molecule has 5 heteroatoms. The van der Waals surface area contributed by atoms with Crippen molar-refractivity contribution in [2.24, 2.45) is 5.73 Å². The van der Waals surface area contributed by atoms with Crippen molar-refractivity contribution in [1.82, 2.24) is 10.2 Å². The summed E-state index contributed by atoms with van der Waals surface area (Å²) in [7, 11) is 1.90. The first-order valence-corrected chi connectivity index (χ1v) is 5.63. The molecule has 0 heterocycles. The summed E-state index contributed by atoms with van der Waals surface area (Å²) in [5.41, 5.74) is 5.45. The summed E-state index contributed by atoms with van der Waals surface area (Å²) in [5.74, 6) is 0.0501. The van der Waals surface area contributed by atoms with Gasteiger partial charge in [0.05, 0.1) is 11.5 Å². The second-order valence-corrected chi connectivity index (χ2v) is 4.31. The third-order valence-electron chi connectivity index (χ3n) is 2.21. The fourth-order valence-corrected chi connectivity index (χ4v) is 1.39. The predicted molar refractivity (Wildman–Crippen MR) is 66.8 cm³/mol. The summed E-state index contributed by atoms with van der Waals surface area (Å²) >= 11 is 4.83. The van der Waals surface area contributed by atoms with E-state index in [2.05, 4.69) is 5.32 Å². The average molecular weight is 231 g/mol. The molecule has 0 aromatic carbocycles. The fourth-order valence-electron chi connectivity index (χ4n) is 1.15. The topological polar surface area (TPSA) is 58.4 Å². The van der Waals surface area contributed by atoms with Crippen LogP contribution in [0.15, 0.2) is 0 Å². The maximum absolute atomic E-state index is 11.4. The van der Waals surface area contributed by atoms with Crippen LogP contribution in [0.5, 0.6) is 0 Å². The minimum absolute atomic E-state index is 0.0501. The van der Waals surface area contributed by atoms with E-state index in [1.165, 1.54) is 0 Å². The molecule has 1 amide bonds. The second-order valence-electron chi connectivity index (χ2n) is 3.78. The summed E-state index contributed by atoms with van der Waals surface area (Å²) in [4.78, 5) is 13.8. The summed E-state index contributed by atoms with van der Waals surface area (Å²) < 4.78 is 0. The SMILES string of the molecule is CCCNC(=O)CN(C)C(C)CC(N)=S. The number of nitrogens with one attached hydrogen (secondary N) is 1. The normalized spacial score (nSPS) is 12.5. The number of hydrogen-bond donors (Lipinski definition) is 2. The highest BCUT2D eigenvalue weighted by molar-refractivity contribution is 7.80. The van der Waals surface area contributed by atoms with Gasteiger partial charge in [0.1, 0.15) is 0 Å². The standard InChI is InChI=1S/C10H21N3OS/c1-4-5-12-10(14)7-13(3)8(2)6-9(11)15/h8H,4-7H2,1-3H3,(H2,11,15)(H,12,14). The van der Waals surface area contributed by atoms with Crippen molar-refractivity contribution in [3.8, 4) is 0 Å². The number of carbonyl (C=O) groups excluding carboxylic acids is 1. The Morgan fingerprint density at radius 3 is 2.67 bits per heavy atom. The number of hydrogen-bond acceptors (Lipinski definition) is 3. The molecular weight excluding hydrogens is 210 g/mol. The van der Waals surface area contributed by atoms with E-state index < -0.39 is 0 Å². The highest BCUT2D eigenvalue weighted by Crippen LogP contribution is 2.00. The van der Waals surface area contributed by atoms with Gasteiger partial charge in [0, 0.05) is 19.0 Å². The highest BCUT2D eigenvalue weighted by atomic mass is 32.1. The van der Waals surface area contributed by atoms with Gasteiger partial charge in [-0.3, -0.25) is 9.69 Å². The minimum atomic E-state index is 0.0501. The van der Waals surface area contributed by atoms with E-state index >= 15 is 0 Å². The van der Waals surface area contributed by atoms with E-state index in [0.717, 1.165) is 13.0 Å². The summed E-state index contributed by atoms with van der Waals surface area (Å²) in [5, 5.41) is 2.83. The van der Waals surface area contributed by atoms with Gasteiger partial charge in [0.2, 0.25) is 5.91 Å². The molecule has 0 saturated carbocycles. The van der Waals surface area contributed by atoms with Crippen LogP contribution in [0.3, 0.4) is 0 Å². The summed E-state index contributed by atoms with van der Waals surface area (Å²) in [6.07, 6.45) is 1.60. The number of likely N-dealkylation sites (N-methyl/N-ethyl adjacent to an activating group) is 1. The molecule has 0 rings (SSSR count). The molecule has 15 heavy (non-hydrogen) atoms. The first-order valence-electron chi connectivity index (χ1n) is 5.22. The predicted octanol–water partition coefficient (Wildman–Crippen LogP) is 0.509. The molecule has 0 radical (unpaired) electrons. The lowest BCUT2D eigenvalue weighted by molar-refractivity contribution is -0.122. The molecule has 0 aromatic heterocycles. The Labute approximate surface area is 97.2 Å². The molecule has 0 saturated heterocycles. The van der Waals surface area contributed by atoms with Crippen molar-refractivity contribution in [3.63, 3.8) is 0 Å². The molecular formula is C10H21N3OS. The molecule has 0 aromatic rings. The van der Waals surface area contributed by atoms with Gasteiger partial charge in [0.15, 0.2) is 0 Å². The lowest BCUT2D eigenvalue weighted by Gasteiger charge is -2.23. The number of amides is 1. The Morgan fingerprint density at radius 2 is 2.20 bits per heavy atom. The van der Waals surface area contributed by atoms with Crippen LogP contribution in [-0.4, -0.2) is 42.0 Å². The maximum atomic E-state index is 11.4. The van der Waals surface area contributed by atoms with E-state index in [1.807, 2.05) is 25.8 Å². The molecule has 0 aliphatic rings. The van der Waals surface area contributed by atoms with Crippen LogP contribution in [-0.2, 0) is 4.79 Å². The number of nitrogens with zero attached hydrogens (tertiary/aromatic N) is 1. The fraction of sp³-hybridized carbons (Fsp3) is 0.800. The Morgan fingerprint density at radius 1 is 1.60 bits per heavy atom. The van der Waals surface area contributed by atoms with Crippen LogP contribution in [0.25, 0.3) is 0 Å². The largest absolute Gasteiger partial charge is 0.393 e. The van der Waals surface area contributed by atoms with Crippen molar-refractivity contribution in [3.05, 3.63) is 0 Å². The van der Waals surface area contributed by atoms with Gasteiger partial charge in [-0.25, -0.2) is 0 Å². The van der Waals surface area contributed by atoms with E-state index in [1.54, 1.807) is 0 Å². The first-order chi connectivity index (χ1) is 6.97. The zero-order chi connectivity index (χ0) is 11.8. The Hall–Kier alpha value is -0.680. The lowest BCUT2D eigenvalue weighted by atomic mass is 10.2. The van der Waals surface area contributed by atoms with Crippen molar-refractivity contribution >= 4 is 23.1 Å². The lowest BCUT2D eigenvalue weighted by Crippen LogP contribution is -2.40. The van der Waals surface area contributed by atoms with Gasteiger partial charge in [-0.15, -0.1) is 0 Å². The third-order valence-corrected chi connectivity index (χ3v) is 2.38. The molecule has 0 bridgehead atoms. The molecule has 0 fully saturated rings. The van der Waals surface area contributed by atoms with Crippen molar-refractivity contribution in [1.29, 1.82) is 0 Å². The first kappa shape index (κ1) is 14.3. The van der Waals surface area contributed by atoms with Crippen molar-refractivity contribution in [2.45, 2.75) is 32.7 Å². The molecule has 1 atom stereocenters. The van der Waals surface area contributed by atoms with Gasteiger partial charge in [-0.2, -0.15) is 0 Å². The monoisotopic (exact) mass is 231 g/mol. The van der Waals surface area contributed by atoms with E-state index in [4.69, 9.17) is 18.0 Å². The molecule has 0 aliphatic heterocycles. The average Bonchev–Trinajstić information content (AvgIpc) is 2.13. The smallest absolute Gasteiger partial charge is 0.234 e. The van der Waals surface area contributed by atoms with Crippen LogP contribution >= 0.6 is 12.2 Å². The third kappa shape index (κ3) is 7.27. The second kappa shape index (κ2) is 7.59. The molecule has 1 unspecified atom stereocenters. The quantitative estimate of drug-likeness (QED) is 0.627. The molecule has 3 N–H and O–H groups in total. The Balaban J connectivity index is 3.84. The molecule has 0 aliphatic carbocycles. The van der Waals surface area contributed by atoms with Gasteiger partial charge < -0.3 is 11.1 Å². The number of rotatable bonds is 7. The Bertz CT molecular complexity index is 221. The van der Waals surface area contributed by atoms with Crippen LogP contribution in [0.4, 0.5) is 0 Å². The van der Waals surface area contributed by atoms with Crippen LogP contribution in [0, 0.1) is 0 Å². The zero-order valence-electron chi connectivity index (χ0n) is 9.75. The van der Waals surface area contributed by atoms with Gasteiger partial charge >= 0.3 is 0 Å². The van der Waals surface area contributed by atoms with Gasteiger partial charge in [0.25, 0.3) is 0 Å². The number of thiocarbonyl (C=S) groups is 1. The van der Waals surface area contributed by atoms with E-state index in [0.29, 0.717) is 18.0 Å². The maximum Gasteiger partial charge on any atom is 0.234 e.